The number of nitrogens with zero attached hydrogens (tertiary/aromatic N) is 4. The summed E-state index contributed by atoms with van der Waals surface area (Å²) in [5.41, 5.74) is 1.43. The molecule has 8 heteroatoms. The van der Waals surface area contributed by atoms with Crippen LogP contribution in [0.5, 0.6) is 0 Å². The van der Waals surface area contributed by atoms with Crippen molar-refractivity contribution < 1.29 is 4.79 Å². The maximum Gasteiger partial charge on any atom is 0.332 e. The number of fused-ring (bicyclic) bond motifs is 1. The van der Waals surface area contributed by atoms with E-state index in [0.717, 1.165) is 23.8 Å². The lowest BCUT2D eigenvalue weighted by molar-refractivity contribution is -0.121. The lowest BCUT2D eigenvalue weighted by atomic mass is 9.97. The molecular weight excluding hydrogens is 382 g/mol. The molecule has 2 aromatic heterocycles. The van der Waals surface area contributed by atoms with Crippen LogP contribution in [0.1, 0.15) is 32.1 Å². The third kappa shape index (κ3) is 3.85. The Hall–Kier alpha value is -3.42. The van der Waals surface area contributed by atoms with Crippen LogP contribution < -0.4 is 16.6 Å². The third-order valence-corrected chi connectivity index (χ3v) is 5.51. The van der Waals surface area contributed by atoms with Gasteiger partial charge in [-0.1, -0.05) is 29.8 Å². The van der Waals surface area contributed by atoms with Crippen LogP contribution >= 0.6 is 0 Å². The Morgan fingerprint density at radius 3 is 2.70 bits per heavy atom. The SMILES string of the molecule is Cn1c(=O)c2cnn(-c3ccccc3)c2n(CC(=O)NCCC2=CCCCC2)c1=O. The lowest BCUT2D eigenvalue weighted by Crippen LogP contribution is -2.41. The van der Waals surface area contributed by atoms with Crippen LogP contribution in [-0.2, 0) is 18.4 Å². The Labute approximate surface area is 173 Å². The van der Waals surface area contributed by atoms with E-state index in [-0.39, 0.29) is 12.5 Å². The average molecular weight is 407 g/mol. The molecule has 1 aliphatic carbocycles. The molecule has 156 valence electrons. The van der Waals surface area contributed by atoms with E-state index in [2.05, 4.69) is 16.5 Å². The van der Waals surface area contributed by atoms with Gasteiger partial charge >= 0.3 is 5.69 Å². The van der Waals surface area contributed by atoms with Crippen molar-refractivity contribution in [3.8, 4) is 5.69 Å². The number of benzene rings is 1. The van der Waals surface area contributed by atoms with Gasteiger partial charge in [0.1, 0.15) is 11.9 Å². The van der Waals surface area contributed by atoms with Gasteiger partial charge in [-0.05, 0) is 44.2 Å². The minimum absolute atomic E-state index is 0.180. The van der Waals surface area contributed by atoms with Gasteiger partial charge in [-0.2, -0.15) is 5.10 Å². The largest absolute Gasteiger partial charge is 0.354 e. The number of rotatable bonds is 6. The summed E-state index contributed by atoms with van der Waals surface area (Å²) in [7, 11) is 1.41. The number of aromatic nitrogens is 4. The first-order valence-corrected chi connectivity index (χ1v) is 10.2. The molecule has 0 bridgehead atoms. The second-order valence-corrected chi connectivity index (χ2v) is 7.57. The van der Waals surface area contributed by atoms with E-state index in [1.165, 1.54) is 40.9 Å². The molecule has 0 aliphatic heterocycles. The van der Waals surface area contributed by atoms with Crippen molar-refractivity contribution in [1.82, 2.24) is 24.2 Å². The number of hydrogen-bond donors (Lipinski definition) is 1. The molecule has 1 aliphatic rings. The van der Waals surface area contributed by atoms with Gasteiger partial charge < -0.3 is 5.32 Å². The van der Waals surface area contributed by atoms with Gasteiger partial charge in [0.15, 0.2) is 5.65 Å². The molecule has 0 unspecified atom stereocenters. The molecule has 1 aromatic carbocycles. The molecular formula is C22H25N5O3. The van der Waals surface area contributed by atoms with Gasteiger partial charge in [-0.15, -0.1) is 0 Å². The molecule has 1 N–H and O–H groups in total. The summed E-state index contributed by atoms with van der Waals surface area (Å²) in [4.78, 5) is 38.0. The predicted octanol–water partition coefficient (Wildman–Crippen LogP) is 1.89. The van der Waals surface area contributed by atoms with Crippen LogP contribution in [0.25, 0.3) is 16.7 Å². The van der Waals surface area contributed by atoms with E-state index in [1.807, 2.05) is 30.3 Å². The molecule has 0 spiro atoms. The summed E-state index contributed by atoms with van der Waals surface area (Å²) in [6.07, 6.45) is 9.16. The quantitative estimate of drug-likeness (QED) is 0.632. The smallest absolute Gasteiger partial charge is 0.332 e. The van der Waals surface area contributed by atoms with Crippen LogP contribution in [-0.4, -0.2) is 31.4 Å². The Morgan fingerprint density at radius 2 is 1.97 bits per heavy atom. The van der Waals surface area contributed by atoms with Crippen molar-refractivity contribution in [2.24, 2.45) is 7.05 Å². The van der Waals surface area contributed by atoms with Crippen LogP contribution in [0, 0.1) is 0 Å². The van der Waals surface area contributed by atoms with E-state index >= 15 is 0 Å². The van der Waals surface area contributed by atoms with Crippen LogP contribution in [0.2, 0.25) is 0 Å². The van der Waals surface area contributed by atoms with Crippen molar-refractivity contribution in [3.63, 3.8) is 0 Å². The molecule has 0 atom stereocenters. The summed E-state index contributed by atoms with van der Waals surface area (Å²) in [6, 6.07) is 9.22. The summed E-state index contributed by atoms with van der Waals surface area (Å²) in [5, 5.41) is 7.50. The molecule has 3 aromatic rings. The van der Waals surface area contributed by atoms with Gasteiger partial charge in [-0.25, -0.2) is 9.48 Å². The normalized spacial score (nSPS) is 14.0. The molecule has 0 saturated heterocycles. The maximum atomic E-state index is 12.8. The highest BCUT2D eigenvalue weighted by atomic mass is 16.2. The number of amides is 1. The summed E-state index contributed by atoms with van der Waals surface area (Å²) in [5.74, 6) is -0.269. The van der Waals surface area contributed by atoms with E-state index < -0.39 is 11.2 Å². The predicted molar refractivity (Wildman–Crippen MR) is 115 cm³/mol. The summed E-state index contributed by atoms with van der Waals surface area (Å²) in [6.45, 7) is 0.354. The second-order valence-electron chi connectivity index (χ2n) is 7.57. The first kappa shape index (κ1) is 19.9. The highest BCUT2D eigenvalue weighted by molar-refractivity contribution is 5.80. The Bertz CT molecular complexity index is 1220. The minimum Gasteiger partial charge on any atom is -0.354 e. The molecule has 0 radical (unpaired) electrons. The first-order valence-electron chi connectivity index (χ1n) is 10.2. The summed E-state index contributed by atoms with van der Waals surface area (Å²) >= 11 is 0. The molecule has 4 rings (SSSR count). The van der Waals surface area contributed by atoms with E-state index in [1.54, 1.807) is 0 Å². The fourth-order valence-corrected chi connectivity index (χ4v) is 3.89. The zero-order valence-corrected chi connectivity index (χ0v) is 17.0. The first-order chi connectivity index (χ1) is 14.6. The van der Waals surface area contributed by atoms with Crippen molar-refractivity contribution in [3.05, 3.63) is 69.0 Å². The molecule has 0 saturated carbocycles. The molecule has 0 fully saturated rings. The van der Waals surface area contributed by atoms with E-state index in [0.29, 0.717) is 23.3 Å². The Balaban J connectivity index is 1.63. The van der Waals surface area contributed by atoms with Gasteiger partial charge in [0.2, 0.25) is 5.91 Å². The van der Waals surface area contributed by atoms with Crippen molar-refractivity contribution in [2.75, 3.05) is 6.54 Å². The number of para-hydroxylation sites is 1. The van der Waals surface area contributed by atoms with Gasteiger partial charge in [0, 0.05) is 13.6 Å². The highest BCUT2D eigenvalue weighted by Gasteiger charge is 2.18. The zero-order valence-electron chi connectivity index (χ0n) is 17.0. The van der Waals surface area contributed by atoms with E-state index in [4.69, 9.17) is 0 Å². The molecule has 8 nitrogen and oxygen atoms in total. The standard InChI is InChI=1S/C22H25N5O3/c1-25-21(29)18-14-24-27(17-10-6-3-7-11-17)20(18)26(22(25)30)15-19(28)23-13-12-16-8-4-2-5-9-16/h3,6-8,10-11,14H,2,4-5,9,12-13,15H2,1H3,(H,23,28). The van der Waals surface area contributed by atoms with Crippen molar-refractivity contribution in [1.29, 1.82) is 0 Å². The summed E-state index contributed by atoms with van der Waals surface area (Å²) < 4.78 is 3.85. The van der Waals surface area contributed by atoms with Crippen LogP contribution in [0.4, 0.5) is 0 Å². The highest BCUT2D eigenvalue weighted by Crippen LogP contribution is 2.19. The number of nitrogens with one attached hydrogen (secondary N) is 1. The third-order valence-electron chi connectivity index (χ3n) is 5.51. The fourth-order valence-electron chi connectivity index (χ4n) is 3.89. The Morgan fingerprint density at radius 1 is 1.17 bits per heavy atom. The molecule has 2 heterocycles. The zero-order chi connectivity index (χ0) is 21.1. The van der Waals surface area contributed by atoms with Gasteiger partial charge in [0.25, 0.3) is 5.56 Å². The van der Waals surface area contributed by atoms with E-state index in [9.17, 15) is 14.4 Å². The number of carbonyl (C=O) groups is 1. The maximum absolute atomic E-state index is 12.8. The molecule has 30 heavy (non-hydrogen) atoms. The monoisotopic (exact) mass is 407 g/mol. The fraction of sp³-hybridized carbons (Fsp3) is 0.364. The molecule has 1 amide bonds. The average Bonchev–Trinajstić information content (AvgIpc) is 3.22. The van der Waals surface area contributed by atoms with Crippen LogP contribution in [0.15, 0.2) is 57.8 Å². The van der Waals surface area contributed by atoms with Gasteiger partial charge in [0.05, 0.1) is 11.9 Å². The van der Waals surface area contributed by atoms with Crippen molar-refractivity contribution >= 4 is 16.9 Å². The lowest BCUT2D eigenvalue weighted by Gasteiger charge is -2.14. The van der Waals surface area contributed by atoms with Gasteiger partial charge in [-0.3, -0.25) is 18.7 Å². The number of allylic oxidation sites excluding steroid dienone is 1. The minimum atomic E-state index is -0.546. The topological polar surface area (TPSA) is 90.9 Å². The Kier molecular flexibility index (Phi) is 5.65. The number of carbonyl (C=O) groups excluding carboxylic acids is 1. The van der Waals surface area contributed by atoms with Crippen LogP contribution in [0.3, 0.4) is 0 Å². The van der Waals surface area contributed by atoms with Crippen molar-refractivity contribution in [2.45, 2.75) is 38.6 Å². The second kappa shape index (κ2) is 8.52. The number of hydrogen-bond acceptors (Lipinski definition) is 4.